The fourth-order valence-electron chi connectivity index (χ4n) is 3.41. The van der Waals surface area contributed by atoms with Crippen LogP contribution in [0.4, 0.5) is 5.69 Å². The summed E-state index contributed by atoms with van der Waals surface area (Å²) in [6.45, 7) is -0.403. The summed E-state index contributed by atoms with van der Waals surface area (Å²) in [5, 5.41) is 14.6. The average Bonchev–Trinajstić information content (AvgIpc) is 3.22. The molecular weight excluding hydrogens is 382 g/mol. The normalized spacial score (nSPS) is 13.4. The Labute approximate surface area is 166 Å². The van der Waals surface area contributed by atoms with Gasteiger partial charge in [-0.15, -0.1) is 11.3 Å². The lowest BCUT2D eigenvalue weighted by Crippen LogP contribution is -2.19. The molecule has 0 aliphatic heterocycles. The summed E-state index contributed by atoms with van der Waals surface area (Å²) in [7, 11) is 0. The number of benzene rings is 2. The molecule has 0 amide bonds. The number of carbonyl (C=O) groups is 1. The van der Waals surface area contributed by atoms with Crippen molar-refractivity contribution in [3.63, 3.8) is 0 Å². The molecule has 0 saturated heterocycles. The van der Waals surface area contributed by atoms with Gasteiger partial charge >= 0.3 is 5.97 Å². The van der Waals surface area contributed by atoms with Crippen LogP contribution in [0.3, 0.4) is 0 Å². The molecular formula is C21H18ClNO3S. The second-order valence-corrected chi connectivity index (χ2v) is 7.78. The molecule has 2 N–H and O–H groups in total. The van der Waals surface area contributed by atoms with E-state index in [2.05, 4.69) is 41.7 Å². The van der Waals surface area contributed by atoms with Gasteiger partial charge < -0.3 is 15.2 Å². The number of ether oxygens (including phenoxy) is 1. The highest BCUT2D eigenvalue weighted by Gasteiger charge is 2.21. The van der Waals surface area contributed by atoms with Crippen molar-refractivity contribution in [3.05, 3.63) is 70.1 Å². The molecule has 1 heterocycles. The average molecular weight is 400 g/mol. The Balaban J connectivity index is 1.49. The maximum atomic E-state index is 10.7. The zero-order chi connectivity index (χ0) is 18.8. The predicted molar refractivity (Wildman–Crippen MR) is 109 cm³/mol. The van der Waals surface area contributed by atoms with Crippen molar-refractivity contribution in [2.45, 2.75) is 18.9 Å². The van der Waals surface area contributed by atoms with Gasteiger partial charge in [0.1, 0.15) is 10.8 Å². The third-order valence-corrected chi connectivity index (χ3v) is 6.09. The van der Waals surface area contributed by atoms with Crippen LogP contribution < -0.4 is 10.1 Å². The maximum Gasteiger partial charge on any atom is 0.341 e. The Morgan fingerprint density at radius 1 is 1.19 bits per heavy atom. The van der Waals surface area contributed by atoms with Gasteiger partial charge in [0.15, 0.2) is 6.61 Å². The molecule has 0 fully saturated rings. The summed E-state index contributed by atoms with van der Waals surface area (Å²) in [6, 6.07) is 17.0. The Morgan fingerprint density at radius 3 is 2.63 bits per heavy atom. The topological polar surface area (TPSA) is 58.6 Å². The fourth-order valence-corrected chi connectivity index (χ4v) is 4.70. The van der Waals surface area contributed by atoms with Gasteiger partial charge in [0, 0.05) is 17.1 Å². The molecule has 1 aliphatic carbocycles. The van der Waals surface area contributed by atoms with E-state index in [4.69, 9.17) is 21.4 Å². The number of rotatable bonds is 6. The van der Waals surface area contributed by atoms with Gasteiger partial charge in [-0.05, 0) is 41.7 Å². The minimum absolute atomic E-state index is 0.380. The first-order valence-electron chi connectivity index (χ1n) is 8.65. The number of thiophene rings is 1. The van der Waals surface area contributed by atoms with Crippen LogP contribution in [0.2, 0.25) is 5.02 Å². The summed E-state index contributed by atoms with van der Waals surface area (Å²) in [5.74, 6) is -0.619. The van der Waals surface area contributed by atoms with E-state index in [0.29, 0.717) is 16.8 Å². The minimum Gasteiger partial charge on any atom is -0.479 e. The van der Waals surface area contributed by atoms with Crippen molar-refractivity contribution < 1.29 is 14.6 Å². The van der Waals surface area contributed by atoms with Crippen molar-refractivity contribution in [2.24, 2.45) is 0 Å². The van der Waals surface area contributed by atoms with Gasteiger partial charge in [-0.3, -0.25) is 0 Å². The van der Waals surface area contributed by atoms with Gasteiger partial charge in [0.2, 0.25) is 0 Å². The molecule has 138 valence electrons. The second-order valence-electron chi connectivity index (χ2n) is 6.52. The molecule has 0 radical (unpaired) electrons. The zero-order valence-corrected chi connectivity index (χ0v) is 16.0. The Morgan fingerprint density at radius 2 is 1.93 bits per heavy atom. The van der Waals surface area contributed by atoms with E-state index in [1.165, 1.54) is 22.5 Å². The predicted octanol–water partition coefficient (Wildman–Crippen LogP) is 5.11. The van der Waals surface area contributed by atoms with Crippen molar-refractivity contribution in [1.82, 2.24) is 0 Å². The summed E-state index contributed by atoms with van der Waals surface area (Å²) in [6.07, 6.45) is 2.04. The lowest BCUT2D eigenvalue weighted by atomic mass is 10.1. The molecule has 0 saturated carbocycles. The highest BCUT2D eigenvalue weighted by Crippen LogP contribution is 2.42. The number of halogens is 1. The number of anilines is 1. The van der Waals surface area contributed by atoms with E-state index < -0.39 is 12.6 Å². The quantitative estimate of drug-likeness (QED) is 0.604. The first-order valence-corrected chi connectivity index (χ1v) is 9.91. The molecule has 2 aromatic carbocycles. The van der Waals surface area contributed by atoms with E-state index in [0.717, 1.165) is 29.0 Å². The molecule has 1 aromatic heterocycles. The Hall–Kier alpha value is -2.50. The van der Waals surface area contributed by atoms with Crippen LogP contribution in [0.15, 0.2) is 53.9 Å². The van der Waals surface area contributed by atoms with E-state index >= 15 is 0 Å². The van der Waals surface area contributed by atoms with Crippen molar-refractivity contribution in [2.75, 3.05) is 11.9 Å². The van der Waals surface area contributed by atoms with Crippen LogP contribution >= 0.6 is 22.9 Å². The van der Waals surface area contributed by atoms with Crippen LogP contribution in [0.25, 0.3) is 10.4 Å². The summed E-state index contributed by atoms with van der Waals surface area (Å²) >= 11 is 7.84. The van der Waals surface area contributed by atoms with Crippen LogP contribution in [0.1, 0.15) is 11.1 Å². The second kappa shape index (κ2) is 7.62. The molecule has 3 aromatic rings. The summed E-state index contributed by atoms with van der Waals surface area (Å²) in [4.78, 5) is 11.5. The Bertz CT molecular complexity index is 960. The SMILES string of the molecule is O=C(O)COc1csc(-c2cccc(NC3Cc4ccccc4C3)c2)c1Cl. The zero-order valence-electron chi connectivity index (χ0n) is 14.4. The fraction of sp³-hybridized carbons (Fsp3) is 0.190. The third kappa shape index (κ3) is 3.94. The first kappa shape index (κ1) is 17.9. The smallest absolute Gasteiger partial charge is 0.341 e. The highest BCUT2D eigenvalue weighted by molar-refractivity contribution is 7.14. The summed E-state index contributed by atoms with van der Waals surface area (Å²) in [5.41, 5.74) is 4.85. The van der Waals surface area contributed by atoms with E-state index in [9.17, 15) is 4.79 Å². The maximum absolute atomic E-state index is 10.7. The van der Waals surface area contributed by atoms with Crippen molar-refractivity contribution in [3.8, 4) is 16.2 Å². The molecule has 4 nitrogen and oxygen atoms in total. The van der Waals surface area contributed by atoms with Crippen LogP contribution in [-0.4, -0.2) is 23.7 Å². The largest absolute Gasteiger partial charge is 0.479 e. The van der Waals surface area contributed by atoms with Crippen LogP contribution in [0.5, 0.6) is 5.75 Å². The molecule has 27 heavy (non-hydrogen) atoms. The van der Waals surface area contributed by atoms with Crippen molar-refractivity contribution in [1.29, 1.82) is 0 Å². The molecule has 0 spiro atoms. The molecule has 1 aliphatic rings. The molecule has 0 atom stereocenters. The number of fused-ring (bicyclic) bond motifs is 1. The molecule has 0 unspecified atom stereocenters. The monoisotopic (exact) mass is 399 g/mol. The summed E-state index contributed by atoms with van der Waals surface area (Å²) < 4.78 is 5.24. The molecule has 4 rings (SSSR count). The molecule has 0 bridgehead atoms. The highest BCUT2D eigenvalue weighted by atomic mass is 35.5. The molecule has 6 heteroatoms. The standard InChI is InChI=1S/C21H18ClNO3S/c22-20-18(26-11-19(24)25)12-27-21(20)15-6-3-7-16(10-15)23-17-8-13-4-1-2-5-14(13)9-17/h1-7,10,12,17,23H,8-9,11H2,(H,24,25). The van der Waals surface area contributed by atoms with Crippen LogP contribution in [0, 0.1) is 0 Å². The number of carboxylic acid groups (broad SMARTS) is 1. The van der Waals surface area contributed by atoms with Crippen molar-refractivity contribution >= 4 is 34.6 Å². The van der Waals surface area contributed by atoms with Gasteiger partial charge in [-0.1, -0.05) is 48.0 Å². The third-order valence-electron chi connectivity index (χ3n) is 4.60. The van der Waals surface area contributed by atoms with Gasteiger partial charge in [0.05, 0.1) is 4.88 Å². The van der Waals surface area contributed by atoms with Gasteiger partial charge in [-0.2, -0.15) is 0 Å². The lowest BCUT2D eigenvalue weighted by molar-refractivity contribution is -0.139. The minimum atomic E-state index is -1.03. The number of hydrogen-bond acceptors (Lipinski definition) is 4. The lowest BCUT2D eigenvalue weighted by Gasteiger charge is -2.14. The van der Waals surface area contributed by atoms with Crippen LogP contribution in [-0.2, 0) is 17.6 Å². The number of carboxylic acids is 1. The Kier molecular flexibility index (Phi) is 5.05. The number of aliphatic carboxylic acids is 1. The van der Waals surface area contributed by atoms with E-state index in [1.54, 1.807) is 5.38 Å². The van der Waals surface area contributed by atoms with Gasteiger partial charge in [-0.25, -0.2) is 4.79 Å². The number of nitrogens with one attached hydrogen (secondary N) is 1. The van der Waals surface area contributed by atoms with E-state index in [-0.39, 0.29) is 0 Å². The van der Waals surface area contributed by atoms with E-state index in [1.807, 2.05) is 12.1 Å². The van der Waals surface area contributed by atoms with Gasteiger partial charge in [0.25, 0.3) is 0 Å². The number of hydrogen-bond donors (Lipinski definition) is 2. The first-order chi connectivity index (χ1) is 13.1.